The van der Waals surface area contributed by atoms with Crippen LogP contribution in [0.2, 0.25) is 0 Å². The van der Waals surface area contributed by atoms with Crippen LogP contribution < -0.4 is 0 Å². The molecule has 0 unspecified atom stereocenters. The molecule has 4 rings (SSSR count). The molecule has 0 radical (unpaired) electrons. The summed E-state index contributed by atoms with van der Waals surface area (Å²) in [4.78, 5) is 28.2. The summed E-state index contributed by atoms with van der Waals surface area (Å²) in [5.74, 6) is -0.185. The lowest BCUT2D eigenvalue weighted by Gasteiger charge is -2.18. The topological polar surface area (TPSA) is 79.2 Å². The molecule has 4 aromatic rings. The SMILES string of the molecule is CN(Cc1cccc2ccccc12)C(=O)c1c[nH]c2ccc([N+](=O)[O-])cc12. The van der Waals surface area contributed by atoms with Crippen LogP contribution in [0.5, 0.6) is 0 Å². The van der Waals surface area contributed by atoms with Gasteiger partial charge >= 0.3 is 0 Å². The number of non-ortho nitro benzene ring substituents is 1. The first-order valence-corrected chi connectivity index (χ1v) is 8.52. The van der Waals surface area contributed by atoms with Gasteiger partial charge in [-0.15, -0.1) is 0 Å². The van der Waals surface area contributed by atoms with Crippen molar-refractivity contribution < 1.29 is 9.72 Å². The van der Waals surface area contributed by atoms with E-state index in [0.717, 1.165) is 16.3 Å². The maximum absolute atomic E-state index is 13.0. The van der Waals surface area contributed by atoms with Gasteiger partial charge < -0.3 is 9.88 Å². The number of nitro benzene ring substituents is 1. The minimum absolute atomic E-state index is 0.0344. The van der Waals surface area contributed by atoms with E-state index in [1.807, 2.05) is 42.5 Å². The van der Waals surface area contributed by atoms with Gasteiger partial charge in [0.2, 0.25) is 0 Å². The number of fused-ring (bicyclic) bond motifs is 2. The molecule has 134 valence electrons. The van der Waals surface area contributed by atoms with Crippen molar-refractivity contribution in [2.24, 2.45) is 0 Å². The van der Waals surface area contributed by atoms with Gasteiger partial charge in [-0.3, -0.25) is 14.9 Å². The number of H-pyrrole nitrogens is 1. The Labute approximate surface area is 155 Å². The Hall–Kier alpha value is -3.67. The molecule has 27 heavy (non-hydrogen) atoms. The van der Waals surface area contributed by atoms with Crippen molar-refractivity contribution in [3.05, 3.63) is 88.1 Å². The maximum Gasteiger partial charge on any atom is 0.270 e. The summed E-state index contributed by atoms with van der Waals surface area (Å²) < 4.78 is 0. The first kappa shape index (κ1) is 16.8. The maximum atomic E-state index is 13.0. The molecule has 0 spiro atoms. The summed E-state index contributed by atoms with van der Waals surface area (Å²) in [6.07, 6.45) is 1.61. The number of nitro groups is 1. The highest BCUT2D eigenvalue weighted by molar-refractivity contribution is 6.07. The number of aromatic nitrogens is 1. The average molecular weight is 359 g/mol. The van der Waals surface area contributed by atoms with Crippen molar-refractivity contribution in [1.82, 2.24) is 9.88 Å². The number of carbonyl (C=O) groups is 1. The van der Waals surface area contributed by atoms with Crippen LogP contribution in [0.25, 0.3) is 21.7 Å². The van der Waals surface area contributed by atoms with Gasteiger partial charge in [0.1, 0.15) is 0 Å². The van der Waals surface area contributed by atoms with Gasteiger partial charge in [-0.2, -0.15) is 0 Å². The Balaban J connectivity index is 1.67. The highest BCUT2D eigenvalue weighted by atomic mass is 16.6. The first-order chi connectivity index (χ1) is 13.0. The van der Waals surface area contributed by atoms with Crippen LogP contribution in [-0.2, 0) is 6.54 Å². The monoisotopic (exact) mass is 359 g/mol. The minimum Gasteiger partial charge on any atom is -0.360 e. The van der Waals surface area contributed by atoms with E-state index < -0.39 is 4.92 Å². The van der Waals surface area contributed by atoms with Crippen molar-refractivity contribution in [2.75, 3.05) is 7.05 Å². The van der Waals surface area contributed by atoms with Crippen LogP contribution >= 0.6 is 0 Å². The lowest BCUT2D eigenvalue weighted by molar-refractivity contribution is -0.384. The van der Waals surface area contributed by atoms with Crippen LogP contribution in [0.4, 0.5) is 5.69 Å². The second-order valence-corrected chi connectivity index (χ2v) is 6.49. The number of amides is 1. The fraction of sp³-hybridized carbons (Fsp3) is 0.0952. The molecule has 6 heteroatoms. The van der Waals surface area contributed by atoms with Crippen LogP contribution in [0.15, 0.2) is 66.9 Å². The summed E-state index contributed by atoms with van der Waals surface area (Å²) in [5.41, 5.74) is 2.14. The predicted molar refractivity (Wildman–Crippen MR) is 105 cm³/mol. The number of nitrogens with zero attached hydrogens (tertiary/aromatic N) is 2. The van der Waals surface area contributed by atoms with Gasteiger partial charge in [0, 0.05) is 42.8 Å². The number of hydrogen-bond donors (Lipinski definition) is 1. The fourth-order valence-electron chi connectivity index (χ4n) is 3.36. The molecule has 0 atom stereocenters. The van der Waals surface area contributed by atoms with Crippen LogP contribution in [-0.4, -0.2) is 27.8 Å². The molecule has 1 N–H and O–H groups in total. The standard InChI is InChI=1S/C21H17N3O3/c1-23(13-15-7-4-6-14-5-2-3-8-17(14)15)21(25)19-12-22-20-10-9-16(24(26)27)11-18(19)20/h2-12,22H,13H2,1H3. The predicted octanol–water partition coefficient (Wildman–Crippen LogP) is 4.50. The van der Waals surface area contributed by atoms with E-state index in [1.54, 1.807) is 24.2 Å². The van der Waals surface area contributed by atoms with Gasteiger partial charge in [-0.1, -0.05) is 42.5 Å². The lowest BCUT2D eigenvalue weighted by atomic mass is 10.0. The number of benzene rings is 3. The molecule has 6 nitrogen and oxygen atoms in total. The zero-order valence-electron chi connectivity index (χ0n) is 14.7. The third-order valence-electron chi connectivity index (χ3n) is 4.74. The van der Waals surface area contributed by atoms with Crippen molar-refractivity contribution in [2.45, 2.75) is 6.54 Å². The second-order valence-electron chi connectivity index (χ2n) is 6.49. The first-order valence-electron chi connectivity index (χ1n) is 8.52. The summed E-state index contributed by atoms with van der Waals surface area (Å²) in [6.45, 7) is 0.446. The third-order valence-corrected chi connectivity index (χ3v) is 4.74. The molecular formula is C21H17N3O3. The molecule has 0 aliphatic rings. The molecule has 1 aromatic heterocycles. The van der Waals surface area contributed by atoms with Gasteiger partial charge in [0.25, 0.3) is 11.6 Å². The van der Waals surface area contributed by atoms with Gasteiger partial charge in [0.05, 0.1) is 10.5 Å². The Morgan fingerprint density at radius 1 is 1.07 bits per heavy atom. The number of aromatic amines is 1. The van der Waals surface area contributed by atoms with Crippen molar-refractivity contribution in [1.29, 1.82) is 0 Å². The Kier molecular flexibility index (Phi) is 4.08. The molecule has 0 bridgehead atoms. The number of carbonyl (C=O) groups excluding carboxylic acids is 1. The van der Waals surface area contributed by atoms with E-state index >= 15 is 0 Å². The van der Waals surface area contributed by atoms with E-state index in [4.69, 9.17) is 0 Å². The molecule has 1 heterocycles. The Bertz CT molecular complexity index is 1170. The van der Waals surface area contributed by atoms with Crippen molar-refractivity contribution in [3.63, 3.8) is 0 Å². The third kappa shape index (κ3) is 3.01. The van der Waals surface area contributed by atoms with E-state index in [-0.39, 0.29) is 11.6 Å². The lowest BCUT2D eigenvalue weighted by Crippen LogP contribution is -2.26. The van der Waals surface area contributed by atoms with Gasteiger partial charge in [0.15, 0.2) is 0 Å². The van der Waals surface area contributed by atoms with Crippen molar-refractivity contribution in [3.8, 4) is 0 Å². The van der Waals surface area contributed by atoms with Crippen molar-refractivity contribution >= 4 is 33.3 Å². The van der Waals surface area contributed by atoms with Crippen LogP contribution in [0.3, 0.4) is 0 Å². The summed E-state index contributed by atoms with van der Waals surface area (Å²) in [7, 11) is 1.74. The van der Waals surface area contributed by atoms with Crippen LogP contribution in [0.1, 0.15) is 15.9 Å². The summed E-state index contributed by atoms with van der Waals surface area (Å²) in [5, 5.41) is 13.8. The molecule has 0 aliphatic heterocycles. The molecule has 0 saturated heterocycles. The molecule has 1 amide bonds. The molecule has 0 fully saturated rings. The second kappa shape index (κ2) is 6.57. The Morgan fingerprint density at radius 2 is 1.85 bits per heavy atom. The number of nitrogens with one attached hydrogen (secondary N) is 1. The van der Waals surface area contributed by atoms with Gasteiger partial charge in [-0.25, -0.2) is 0 Å². The van der Waals surface area contributed by atoms with E-state index in [1.165, 1.54) is 12.1 Å². The Morgan fingerprint density at radius 3 is 2.67 bits per heavy atom. The number of hydrogen-bond acceptors (Lipinski definition) is 3. The zero-order valence-corrected chi connectivity index (χ0v) is 14.7. The highest BCUT2D eigenvalue weighted by Gasteiger charge is 2.19. The highest BCUT2D eigenvalue weighted by Crippen LogP contribution is 2.26. The largest absolute Gasteiger partial charge is 0.360 e. The zero-order chi connectivity index (χ0) is 19.0. The van der Waals surface area contributed by atoms with Crippen LogP contribution in [0, 0.1) is 10.1 Å². The van der Waals surface area contributed by atoms with E-state index in [2.05, 4.69) is 4.98 Å². The van der Waals surface area contributed by atoms with E-state index in [0.29, 0.717) is 23.0 Å². The minimum atomic E-state index is -0.458. The van der Waals surface area contributed by atoms with E-state index in [9.17, 15) is 14.9 Å². The molecule has 0 aliphatic carbocycles. The normalized spacial score (nSPS) is 11.0. The quantitative estimate of drug-likeness (QED) is 0.430. The molecular weight excluding hydrogens is 342 g/mol. The molecule has 3 aromatic carbocycles. The molecule has 0 saturated carbocycles. The fourth-order valence-corrected chi connectivity index (χ4v) is 3.36. The average Bonchev–Trinajstić information content (AvgIpc) is 3.10. The summed E-state index contributed by atoms with van der Waals surface area (Å²) >= 11 is 0. The van der Waals surface area contributed by atoms with Gasteiger partial charge in [-0.05, 0) is 22.4 Å². The number of rotatable bonds is 4. The smallest absolute Gasteiger partial charge is 0.270 e. The summed E-state index contributed by atoms with van der Waals surface area (Å²) in [6, 6.07) is 18.5.